The highest BCUT2D eigenvalue weighted by Gasteiger charge is 2.23. The SMILES string of the molecule is NCCCN(CCCN=C(N)N)Cc1ccc(-n2cc3cc(-c4ccc(S(=O)(=O)NC5CCNCC5)cc4F)[nH]c3nc2=O)cc1. The van der Waals surface area contributed by atoms with E-state index in [1.54, 1.807) is 12.3 Å². The van der Waals surface area contributed by atoms with Crippen LogP contribution >= 0.6 is 0 Å². The number of fused-ring (bicyclic) bond motifs is 1. The molecule has 0 radical (unpaired) electrons. The molecular formula is C31H41FN10O3S. The lowest BCUT2D eigenvalue weighted by molar-refractivity contribution is 0.262. The molecule has 1 saturated heterocycles. The van der Waals surface area contributed by atoms with Crippen LogP contribution in [0, 0.1) is 5.82 Å². The molecule has 5 rings (SSSR count). The van der Waals surface area contributed by atoms with Crippen LogP contribution in [0.25, 0.3) is 28.0 Å². The number of nitrogens with one attached hydrogen (secondary N) is 3. The maximum Gasteiger partial charge on any atom is 0.354 e. The van der Waals surface area contributed by atoms with Gasteiger partial charge in [-0.3, -0.25) is 14.5 Å². The van der Waals surface area contributed by atoms with Crippen molar-refractivity contribution in [3.8, 4) is 16.9 Å². The Kier molecular flexibility index (Phi) is 10.8. The normalized spacial score (nSPS) is 14.2. The summed E-state index contributed by atoms with van der Waals surface area (Å²) in [7, 11) is -3.88. The van der Waals surface area contributed by atoms with E-state index in [9.17, 15) is 13.2 Å². The van der Waals surface area contributed by atoms with Crippen molar-refractivity contribution in [2.24, 2.45) is 22.2 Å². The minimum absolute atomic E-state index is 0.0812. The lowest BCUT2D eigenvalue weighted by Crippen LogP contribution is -2.42. The number of hydrogen-bond acceptors (Lipinski definition) is 8. The molecule has 0 amide bonds. The van der Waals surface area contributed by atoms with Gasteiger partial charge >= 0.3 is 5.69 Å². The van der Waals surface area contributed by atoms with Crippen LogP contribution in [-0.2, 0) is 16.6 Å². The zero-order valence-corrected chi connectivity index (χ0v) is 26.4. The average molecular weight is 653 g/mol. The van der Waals surface area contributed by atoms with E-state index in [1.165, 1.54) is 16.7 Å². The van der Waals surface area contributed by atoms with Gasteiger partial charge in [0, 0.05) is 42.8 Å². The summed E-state index contributed by atoms with van der Waals surface area (Å²) in [6, 6.07) is 12.9. The lowest BCUT2D eigenvalue weighted by Gasteiger charge is -2.23. The van der Waals surface area contributed by atoms with E-state index < -0.39 is 21.5 Å². The summed E-state index contributed by atoms with van der Waals surface area (Å²) in [6.45, 7) is 4.95. The predicted octanol–water partition coefficient (Wildman–Crippen LogP) is 1.36. The average Bonchev–Trinajstić information content (AvgIpc) is 3.44. The molecule has 1 aliphatic rings. The first-order valence-corrected chi connectivity index (χ1v) is 16.8. The standard InChI is InChI=1S/C31H41FN10O3S/c32-27-18-25(46(44,45)40-23-9-13-36-14-10-23)7-8-26(27)28-17-22-20-42(31(43)39-29(22)38-28)24-5-3-21(4-6-24)19-41(15-1-11-33)16-2-12-37-30(34)35/h3-8,17-18,20,23,36,40H,1-2,9-16,19,33H2,(H4,34,35,37)(H,38,39,43). The highest BCUT2D eigenvalue weighted by Crippen LogP contribution is 2.27. The highest BCUT2D eigenvalue weighted by molar-refractivity contribution is 7.89. The first kappa shape index (κ1) is 33.2. The Morgan fingerprint density at radius 1 is 1.09 bits per heavy atom. The zero-order chi connectivity index (χ0) is 32.7. The number of guanidine groups is 1. The minimum Gasteiger partial charge on any atom is -0.370 e. The molecule has 9 N–H and O–H groups in total. The second kappa shape index (κ2) is 15.0. The van der Waals surface area contributed by atoms with Gasteiger partial charge in [0.1, 0.15) is 11.5 Å². The lowest BCUT2D eigenvalue weighted by atomic mass is 10.1. The van der Waals surface area contributed by atoms with Crippen LogP contribution in [0.4, 0.5) is 4.39 Å². The third kappa shape index (κ3) is 8.35. The molecule has 0 saturated carbocycles. The van der Waals surface area contributed by atoms with Crippen LogP contribution < -0.4 is 32.9 Å². The molecule has 1 fully saturated rings. The van der Waals surface area contributed by atoms with E-state index in [-0.39, 0.29) is 22.5 Å². The molecule has 2 aromatic heterocycles. The van der Waals surface area contributed by atoms with E-state index >= 15 is 4.39 Å². The van der Waals surface area contributed by atoms with E-state index in [1.807, 2.05) is 24.3 Å². The third-order valence-electron chi connectivity index (χ3n) is 7.94. The van der Waals surface area contributed by atoms with Crippen LogP contribution in [-0.4, -0.2) is 79.1 Å². The summed E-state index contributed by atoms with van der Waals surface area (Å²) >= 11 is 0. The van der Waals surface area contributed by atoms with Crippen LogP contribution in [0.5, 0.6) is 0 Å². The third-order valence-corrected chi connectivity index (χ3v) is 9.45. The number of sulfonamides is 1. The summed E-state index contributed by atoms with van der Waals surface area (Å²) in [5, 5.41) is 3.78. The molecule has 1 aliphatic heterocycles. The Bertz CT molecular complexity index is 1830. The molecule has 0 aliphatic carbocycles. The molecule has 13 nitrogen and oxygen atoms in total. The van der Waals surface area contributed by atoms with Gasteiger partial charge in [-0.25, -0.2) is 22.3 Å². The molecule has 0 bridgehead atoms. The summed E-state index contributed by atoms with van der Waals surface area (Å²) in [5.41, 5.74) is 18.6. The summed E-state index contributed by atoms with van der Waals surface area (Å²) in [4.78, 5) is 26.3. The van der Waals surface area contributed by atoms with Gasteiger partial charge in [-0.2, -0.15) is 4.98 Å². The molecule has 246 valence electrons. The molecule has 3 heterocycles. The quantitative estimate of drug-likeness (QED) is 0.0661. The number of halogens is 1. The second-order valence-electron chi connectivity index (χ2n) is 11.4. The van der Waals surface area contributed by atoms with Crippen LogP contribution in [0.2, 0.25) is 0 Å². The Morgan fingerprint density at radius 2 is 1.83 bits per heavy atom. The number of aliphatic imine (C=N–C) groups is 1. The van der Waals surface area contributed by atoms with E-state index in [0.29, 0.717) is 54.9 Å². The van der Waals surface area contributed by atoms with E-state index in [2.05, 4.69) is 29.9 Å². The number of nitrogens with two attached hydrogens (primary N) is 3. The van der Waals surface area contributed by atoms with Crippen LogP contribution in [0.15, 0.2) is 69.4 Å². The molecule has 0 spiro atoms. The maximum absolute atomic E-state index is 15.3. The zero-order valence-electron chi connectivity index (χ0n) is 25.6. The van der Waals surface area contributed by atoms with Gasteiger partial charge < -0.3 is 27.5 Å². The largest absolute Gasteiger partial charge is 0.370 e. The molecule has 0 unspecified atom stereocenters. The smallest absolute Gasteiger partial charge is 0.354 e. The van der Waals surface area contributed by atoms with Crippen molar-refractivity contribution in [3.63, 3.8) is 0 Å². The minimum atomic E-state index is -3.88. The van der Waals surface area contributed by atoms with E-state index in [0.717, 1.165) is 50.7 Å². The summed E-state index contributed by atoms with van der Waals surface area (Å²) in [5.74, 6) is -0.625. The van der Waals surface area contributed by atoms with Crippen molar-refractivity contribution in [2.45, 2.75) is 43.2 Å². The van der Waals surface area contributed by atoms with Crippen molar-refractivity contribution >= 4 is 27.0 Å². The highest BCUT2D eigenvalue weighted by atomic mass is 32.2. The Morgan fingerprint density at radius 3 is 2.52 bits per heavy atom. The number of benzene rings is 2. The topological polar surface area (TPSA) is 203 Å². The first-order valence-electron chi connectivity index (χ1n) is 15.4. The number of rotatable bonds is 14. The monoisotopic (exact) mass is 652 g/mol. The first-order chi connectivity index (χ1) is 22.1. The van der Waals surface area contributed by atoms with Crippen molar-refractivity contribution in [1.82, 2.24) is 29.5 Å². The fraction of sp³-hybridized carbons (Fsp3) is 0.387. The van der Waals surface area contributed by atoms with Crippen molar-refractivity contribution in [1.29, 1.82) is 0 Å². The van der Waals surface area contributed by atoms with Crippen LogP contribution in [0.3, 0.4) is 0 Å². The predicted molar refractivity (Wildman–Crippen MR) is 178 cm³/mol. The van der Waals surface area contributed by atoms with Crippen molar-refractivity contribution in [2.75, 3.05) is 39.3 Å². The van der Waals surface area contributed by atoms with Gasteiger partial charge in [0.25, 0.3) is 0 Å². The van der Waals surface area contributed by atoms with Crippen molar-refractivity contribution in [3.05, 3.63) is 76.6 Å². The fourth-order valence-electron chi connectivity index (χ4n) is 5.54. The molecule has 46 heavy (non-hydrogen) atoms. The number of hydrogen-bond donors (Lipinski definition) is 6. The number of H-pyrrole nitrogens is 1. The molecular weight excluding hydrogens is 611 g/mol. The maximum atomic E-state index is 15.3. The molecule has 2 aromatic carbocycles. The molecule has 0 atom stereocenters. The van der Waals surface area contributed by atoms with E-state index in [4.69, 9.17) is 17.2 Å². The van der Waals surface area contributed by atoms with Crippen LogP contribution in [0.1, 0.15) is 31.2 Å². The van der Waals surface area contributed by atoms with Gasteiger partial charge in [0.05, 0.1) is 16.3 Å². The van der Waals surface area contributed by atoms with Gasteiger partial charge in [0.2, 0.25) is 10.0 Å². The summed E-state index contributed by atoms with van der Waals surface area (Å²) < 4.78 is 45.1. The Labute approximate surface area is 267 Å². The molecule has 4 aromatic rings. The Balaban J connectivity index is 1.31. The van der Waals surface area contributed by atoms with Gasteiger partial charge in [0.15, 0.2) is 5.96 Å². The number of piperidine rings is 1. The van der Waals surface area contributed by atoms with Gasteiger partial charge in [-0.1, -0.05) is 12.1 Å². The molecule has 15 heteroatoms. The number of nitrogens with zero attached hydrogens (tertiary/aromatic N) is 4. The number of aromatic amines is 1. The van der Waals surface area contributed by atoms with Crippen molar-refractivity contribution < 1.29 is 12.8 Å². The Hall–Kier alpha value is -4.15. The number of aromatic nitrogens is 3. The second-order valence-corrected chi connectivity index (χ2v) is 13.1. The fourth-order valence-corrected chi connectivity index (χ4v) is 6.86. The van der Waals surface area contributed by atoms with Gasteiger partial charge in [-0.05, 0) is 93.8 Å². The summed E-state index contributed by atoms with van der Waals surface area (Å²) in [6.07, 6.45) is 4.66. The van der Waals surface area contributed by atoms with Gasteiger partial charge in [-0.15, -0.1) is 0 Å².